The Morgan fingerprint density at radius 2 is 1.57 bits per heavy atom. The number of carbonyl (C=O) groups is 2. The number of ether oxygens (including phenoxy) is 1. The highest BCUT2D eigenvalue weighted by atomic mass is 16.5. The fraction of sp³-hybridized carbons (Fsp3) is 0.222. The van der Waals surface area contributed by atoms with E-state index in [4.69, 9.17) is 4.74 Å². The molecule has 2 N–H and O–H groups in total. The SMILES string of the molecule is CC(=O)Nc1ccc(NC(=O)COc2cc(C)ccc2C)cc1. The van der Waals surface area contributed by atoms with E-state index in [-0.39, 0.29) is 18.4 Å². The van der Waals surface area contributed by atoms with Gasteiger partial charge in [-0.3, -0.25) is 9.59 Å². The van der Waals surface area contributed by atoms with Crippen molar-refractivity contribution in [3.8, 4) is 5.75 Å². The van der Waals surface area contributed by atoms with E-state index in [0.717, 1.165) is 11.1 Å². The predicted octanol–water partition coefficient (Wildman–Crippen LogP) is 3.28. The molecular weight excluding hydrogens is 292 g/mol. The van der Waals surface area contributed by atoms with E-state index in [1.54, 1.807) is 24.3 Å². The fourth-order valence-electron chi connectivity index (χ4n) is 2.04. The first-order chi connectivity index (χ1) is 10.9. The van der Waals surface area contributed by atoms with Gasteiger partial charge in [0.2, 0.25) is 5.91 Å². The molecule has 0 radical (unpaired) electrons. The van der Waals surface area contributed by atoms with Crippen molar-refractivity contribution in [1.82, 2.24) is 0 Å². The summed E-state index contributed by atoms with van der Waals surface area (Å²) >= 11 is 0. The minimum atomic E-state index is -0.238. The standard InChI is InChI=1S/C18H20N2O3/c1-12-4-5-13(2)17(10-12)23-11-18(22)20-16-8-6-15(7-9-16)19-14(3)21/h4-10H,11H2,1-3H3,(H,19,21)(H,20,22). The molecule has 23 heavy (non-hydrogen) atoms. The van der Waals surface area contributed by atoms with Crippen LogP contribution < -0.4 is 15.4 Å². The van der Waals surface area contributed by atoms with Crippen molar-refractivity contribution in [2.24, 2.45) is 0 Å². The van der Waals surface area contributed by atoms with Crippen LogP contribution in [-0.2, 0) is 9.59 Å². The van der Waals surface area contributed by atoms with Gasteiger partial charge in [0.25, 0.3) is 5.91 Å². The highest BCUT2D eigenvalue weighted by molar-refractivity contribution is 5.93. The molecule has 120 valence electrons. The average molecular weight is 312 g/mol. The van der Waals surface area contributed by atoms with Crippen LogP contribution in [0.5, 0.6) is 5.75 Å². The van der Waals surface area contributed by atoms with Crippen molar-refractivity contribution >= 4 is 23.2 Å². The lowest BCUT2D eigenvalue weighted by Crippen LogP contribution is -2.20. The Morgan fingerprint density at radius 3 is 2.17 bits per heavy atom. The van der Waals surface area contributed by atoms with Crippen LogP contribution in [0.4, 0.5) is 11.4 Å². The zero-order chi connectivity index (χ0) is 16.8. The molecule has 5 heteroatoms. The number of nitrogens with one attached hydrogen (secondary N) is 2. The summed E-state index contributed by atoms with van der Waals surface area (Å²) in [6.07, 6.45) is 0. The molecule has 0 spiro atoms. The normalized spacial score (nSPS) is 10.0. The number of hydrogen-bond donors (Lipinski definition) is 2. The van der Waals surface area contributed by atoms with E-state index >= 15 is 0 Å². The molecule has 0 bridgehead atoms. The number of rotatable bonds is 5. The van der Waals surface area contributed by atoms with Gasteiger partial charge in [0.05, 0.1) is 0 Å². The first-order valence-electron chi connectivity index (χ1n) is 7.31. The van der Waals surface area contributed by atoms with Gasteiger partial charge in [-0.05, 0) is 55.3 Å². The highest BCUT2D eigenvalue weighted by Crippen LogP contribution is 2.19. The molecule has 2 rings (SSSR count). The van der Waals surface area contributed by atoms with Crippen LogP contribution in [0.2, 0.25) is 0 Å². The number of carbonyl (C=O) groups excluding carboxylic acids is 2. The number of aryl methyl sites for hydroxylation is 2. The molecule has 0 unspecified atom stereocenters. The second kappa shape index (κ2) is 7.45. The summed E-state index contributed by atoms with van der Waals surface area (Å²) in [6.45, 7) is 5.30. The van der Waals surface area contributed by atoms with Crippen molar-refractivity contribution in [3.05, 3.63) is 53.6 Å². The number of benzene rings is 2. The van der Waals surface area contributed by atoms with Gasteiger partial charge in [-0.2, -0.15) is 0 Å². The van der Waals surface area contributed by atoms with E-state index in [1.807, 2.05) is 32.0 Å². The van der Waals surface area contributed by atoms with E-state index in [2.05, 4.69) is 10.6 Å². The molecule has 0 aliphatic heterocycles. The molecule has 5 nitrogen and oxygen atoms in total. The summed E-state index contributed by atoms with van der Waals surface area (Å²) in [5.74, 6) is 0.336. The minimum absolute atomic E-state index is 0.0578. The van der Waals surface area contributed by atoms with Gasteiger partial charge < -0.3 is 15.4 Å². The van der Waals surface area contributed by atoms with Crippen LogP contribution in [0.25, 0.3) is 0 Å². The van der Waals surface area contributed by atoms with E-state index < -0.39 is 0 Å². The zero-order valence-corrected chi connectivity index (χ0v) is 13.5. The van der Waals surface area contributed by atoms with Crippen molar-refractivity contribution in [2.75, 3.05) is 17.2 Å². The van der Waals surface area contributed by atoms with Crippen LogP contribution >= 0.6 is 0 Å². The van der Waals surface area contributed by atoms with Crippen molar-refractivity contribution in [3.63, 3.8) is 0 Å². The summed E-state index contributed by atoms with van der Waals surface area (Å²) in [5.41, 5.74) is 3.40. The molecule has 0 saturated carbocycles. The maximum Gasteiger partial charge on any atom is 0.262 e. The average Bonchev–Trinajstić information content (AvgIpc) is 2.50. The summed E-state index contributed by atoms with van der Waals surface area (Å²) in [5, 5.41) is 5.42. The monoisotopic (exact) mass is 312 g/mol. The lowest BCUT2D eigenvalue weighted by molar-refractivity contribution is -0.118. The summed E-state index contributed by atoms with van der Waals surface area (Å²) < 4.78 is 5.56. The molecule has 0 atom stereocenters. The summed E-state index contributed by atoms with van der Waals surface area (Å²) in [6, 6.07) is 12.8. The Bertz CT molecular complexity index is 709. The first-order valence-corrected chi connectivity index (χ1v) is 7.31. The van der Waals surface area contributed by atoms with Gasteiger partial charge in [0, 0.05) is 18.3 Å². The van der Waals surface area contributed by atoms with Crippen LogP contribution in [0, 0.1) is 13.8 Å². The minimum Gasteiger partial charge on any atom is -0.483 e. The van der Waals surface area contributed by atoms with Gasteiger partial charge in [-0.15, -0.1) is 0 Å². The third kappa shape index (κ3) is 5.14. The Kier molecular flexibility index (Phi) is 5.36. The number of hydrogen-bond acceptors (Lipinski definition) is 3. The first kappa shape index (κ1) is 16.5. The smallest absolute Gasteiger partial charge is 0.262 e. The Morgan fingerprint density at radius 1 is 0.957 bits per heavy atom. The molecule has 2 aromatic rings. The highest BCUT2D eigenvalue weighted by Gasteiger charge is 2.06. The molecule has 0 heterocycles. The lowest BCUT2D eigenvalue weighted by atomic mass is 10.1. The van der Waals surface area contributed by atoms with Crippen molar-refractivity contribution in [1.29, 1.82) is 0 Å². The fourth-order valence-corrected chi connectivity index (χ4v) is 2.04. The van der Waals surface area contributed by atoms with Crippen LogP contribution in [0.3, 0.4) is 0 Å². The molecule has 0 saturated heterocycles. The quantitative estimate of drug-likeness (QED) is 0.890. The maximum absolute atomic E-state index is 11.9. The van der Waals surface area contributed by atoms with Gasteiger partial charge in [-0.1, -0.05) is 12.1 Å². The van der Waals surface area contributed by atoms with Crippen LogP contribution in [-0.4, -0.2) is 18.4 Å². The van der Waals surface area contributed by atoms with Gasteiger partial charge >= 0.3 is 0 Å². The topological polar surface area (TPSA) is 67.4 Å². The number of amides is 2. The maximum atomic E-state index is 11.9. The van der Waals surface area contributed by atoms with E-state index in [9.17, 15) is 9.59 Å². The Labute approximate surface area is 135 Å². The molecule has 0 fully saturated rings. The van der Waals surface area contributed by atoms with E-state index in [1.165, 1.54) is 6.92 Å². The van der Waals surface area contributed by atoms with Gasteiger partial charge in [-0.25, -0.2) is 0 Å². The summed E-state index contributed by atoms with van der Waals surface area (Å²) in [7, 11) is 0. The molecular formula is C18H20N2O3. The van der Waals surface area contributed by atoms with Crippen LogP contribution in [0.1, 0.15) is 18.1 Å². The molecule has 0 aliphatic rings. The molecule has 0 aliphatic carbocycles. The third-order valence-electron chi connectivity index (χ3n) is 3.19. The van der Waals surface area contributed by atoms with E-state index in [0.29, 0.717) is 17.1 Å². The summed E-state index contributed by atoms with van der Waals surface area (Å²) in [4.78, 5) is 22.9. The van der Waals surface area contributed by atoms with Crippen LogP contribution in [0.15, 0.2) is 42.5 Å². The zero-order valence-electron chi connectivity index (χ0n) is 13.5. The second-order valence-electron chi connectivity index (χ2n) is 5.36. The van der Waals surface area contributed by atoms with Crippen molar-refractivity contribution in [2.45, 2.75) is 20.8 Å². The lowest BCUT2D eigenvalue weighted by Gasteiger charge is -2.10. The largest absolute Gasteiger partial charge is 0.483 e. The van der Waals surface area contributed by atoms with Crippen molar-refractivity contribution < 1.29 is 14.3 Å². The molecule has 0 aromatic heterocycles. The van der Waals surface area contributed by atoms with Gasteiger partial charge in [0.1, 0.15) is 5.75 Å². The Balaban J connectivity index is 1.89. The second-order valence-corrected chi connectivity index (χ2v) is 5.36. The molecule has 2 aromatic carbocycles. The van der Waals surface area contributed by atoms with Gasteiger partial charge in [0.15, 0.2) is 6.61 Å². The Hall–Kier alpha value is -2.82. The number of anilines is 2. The third-order valence-corrected chi connectivity index (χ3v) is 3.19. The molecule has 2 amide bonds. The predicted molar refractivity (Wildman–Crippen MR) is 90.8 cm³/mol.